The summed E-state index contributed by atoms with van der Waals surface area (Å²) in [5, 5.41) is 8.29. The number of piperidine rings is 1. The Morgan fingerprint density at radius 2 is 1.54 bits per heavy atom. The monoisotopic (exact) mass is 185 g/mol. The average Bonchev–Trinajstić information content (AvgIpc) is 2.17. The summed E-state index contributed by atoms with van der Waals surface area (Å²) in [7, 11) is 0. The highest BCUT2D eigenvalue weighted by Gasteiger charge is 2.28. The maximum atomic E-state index is 11.1. The van der Waals surface area contributed by atoms with E-state index in [0.29, 0.717) is 13.1 Å². The number of nitrogens with zero attached hydrogens (tertiary/aromatic N) is 1. The Morgan fingerprint density at radius 3 is 2.00 bits per heavy atom. The van der Waals surface area contributed by atoms with Crippen LogP contribution in [0.2, 0.25) is 0 Å². The first kappa shape index (κ1) is 9.70. The van der Waals surface area contributed by atoms with Crippen molar-refractivity contribution < 1.29 is 19.5 Å². The Kier molecular flexibility index (Phi) is 3.00. The van der Waals surface area contributed by atoms with Crippen LogP contribution in [0.4, 0.5) is 0 Å². The molecule has 1 aliphatic rings. The molecule has 0 aromatic heterocycles. The number of aliphatic carboxylic acids is 1. The van der Waals surface area contributed by atoms with Crippen LogP contribution in [0.3, 0.4) is 0 Å². The molecule has 1 saturated heterocycles. The number of carboxylic acids is 1. The molecular formula is C8H11NO4. The number of ketones is 1. The highest BCUT2D eigenvalue weighted by Crippen LogP contribution is 2.08. The van der Waals surface area contributed by atoms with Gasteiger partial charge in [-0.15, -0.1) is 0 Å². The summed E-state index contributed by atoms with van der Waals surface area (Å²) in [4.78, 5) is 33.4. The minimum absolute atomic E-state index is 0.498. The Hall–Kier alpha value is -1.39. The van der Waals surface area contributed by atoms with Gasteiger partial charge in [0.15, 0.2) is 0 Å². The summed E-state index contributed by atoms with van der Waals surface area (Å²) in [6, 6.07) is 0. The molecule has 0 aromatic rings. The highest BCUT2D eigenvalue weighted by molar-refractivity contribution is 6.61. The number of hydrogen-bond donors (Lipinski definition) is 1. The molecular weight excluding hydrogens is 174 g/mol. The van der Waals surface area contributed by atoms with Crippen molar-refractivity contribution in [3.05, 3.63) is 0 Å². The lowest BCUT2D eigenvalue weighted by atomic mass is 10.1. The lowest BCUT2D eigenvalue weighted by Crippen LogP contribution is -2.42. The molecule has 1 N–H and O–H groups in total. The molecule has 13 heavy (non-hydrogen) atoms. The van der Waals surface area contributed by atoms with Gasteiger partial charge in [0, 0.05) is 13.1 Å². The molecule has 0 unspecified atom stereocenters. The molecule has 1 heterocycles. The number of carbonyl (C=O) groups excluding carboxylic acids is 2. The number of carbonyl (C=O) groups is 3. The van der Waals surface area contributed by atoms with Crippen LogP contribution in [0.15, 0.2) is 0 Å². The van der Waals surface area contributed by atoms with E-state index in [9.17, 15) is 14.4 Å². The normalized spacial score (nSPS) is 16.8. The number of carboxylic acid groups (broad SMARTS) is 1. The van der Waals surface area contributed by atoms with Gasteiger partial charge in [-0.05, 0) is 19.3 Å². The molecule has 0 spiro atoms. The Morgan fingerprint density at radius 1 is 1.00 bits per heavy atom. The molecule has 1 fully saturated rings. The van der Waals surface area contributed by atoms with Crippen molar-refractivity contribution in [1.82, 2.24) is 4.90 Å². The predicted octanol–water partition coefficient (Wildman–Crippen LogP) is -0.347. The highest BCUT2D eigenvalue weighted by atomic mass is 16.4. The molecule has 1 amide bonds. The van der Waals surface area contributed by atoms with E-state index in [2.05, 4.69) is 0 Å². The molecule has 0 aliphatic carbocycles. The lowest BCUT2D eigenvalue weighted by molar-refractivity contribution is -0.156. The molecule has 1 aliphatic heterocycles. The smallest absolute Gasteiger partial charge is 0.382 e. The topological polar surface area (TPSA) is 74.7 Å². The van der Waals surface area contributed by atoms with Crippen molar-refractivity contribution in [3.63, 3.8) is 0 Å². The number of hydrogen-bond acceptors (Lipinski definition) is 3. The van der Waals surface area contributed by atoms with Crippen LogP contribution in [0.5, 0.6) is 0 Å². The van der Waals surface area contributed by atoms with Crippen LogP contribution >= 0.6 is 0 Å². The molecule has 0 saturated carbocycles. The van der Waals surface area contributed by atoms with E-state index in [1.54, 1.807) is 0 Å². The van der Waals surface area contributed by atoms with Crippen LogP contribution in [-0.2, 0) is 14.4 Å². The van der Waals surface area contributed by atoms with Crippen LogP contribution in [-0.4, -0.2) is 40.8 Å². The molecule has 5 heteroatoms. The second kappa shape index (κ2) is 4.02. The van der Waals surface area contributed by atoms with Gasteiger partial charge in [0.2, 0.25) is 0 Å². The third-order valence-corrected chi connectivity index (χ3v) is 2.03. The van der Waals surface area contributed by atoms with Crippen LogP contribution in [0, 0.1) is 0 Å². The van der Waals surface area contributed by atoms with E-state index in [0.717, 1.165) is 19.3 Å². The molecule has 0 aromatic carbocycles. The molecule has 72 valence electrons. The van der Waals surface area contributed by atoms with Gasteiger partial charge in [0.25, 0.3) is 0 Å². The van der Waals surface area contributed by atoms with Gasteiger partial charge in [-0.25, -0.2) is 4.79 Å². The van der Waals surface area contributed by atoms with E-state index in [4.69, 9.17) is 5.11 Å². The van der Waals surface area contributed by atoms with Crippen molar-refractivity contribution in [3.8, 4) is 0 Å². The first-order chi connectivity index (χ1) is 6.13. The average molecular weight is 185 g/mol. The fourth-order valence-corrected chi connectivity index (χ4v) is 1.33. The molecule has 0 bridgehead atoms. The maximum Gasteiger partial charge on any atom is 0.382 e. The van der Waals surface area contributed by atoms with E-state index in [1.165, 1.54) is 4.90 Å². The van der Waals surface area contributed by atoms with Crippen LogP contribution in [0.25, 0.3) is 0 Å². The second-order valence-electron chi connectivity index (χ2n) is 2.99. The largest absolute Gasteiger partial charge is 0.475 e. The maximum absolute atomic E-state index is 11.1. The fraction of sp³-hybridized carbons (Fsp3) is 0.625. The zero-order valence-corrected chi connectivity index (χ0v) is 7.15. The standard InChI is InChI=1S/C8H11NO4/c10-6(8(12)13)7(11)9-4-2-1-3-5-9/h1-5H2,(H,12,13). The van der Waals surface area contributed by atoms with Gasteiger partial charge < -0.3 is 10.0 Å². The quantitative estimate of drug-likeness (QED) is 0.471. The first-order valence-corrected chi connectivity index (χ1v) is 4.19. The van der Waals surface area contributed by atoms with Gasteiger partial charge in [-0.2, -0.15) is 0 Å². The second-order valence-corrected chi connectivity index (χ2v) is 2.99. The summed E-state index contributed by atoms with van der Waals surface area (Å²) in [6.07, 6.45) is 2.72. The third-order valence-electron chi connectivity index (χ3n) is 2.03. The van der Waals surface area contributed by atoms with Gasteiger partial charge >= 0.3 is 17.7 Å². The zero-order chi connectivity index (χ0) is 9.84. The number of Topliss-reactive ketones (excluding diaryl/α,β-unsaturated/α-hetero) is 1. The predicted molar refractivity (Wildman–Crippen MR) is 43.1 cm³/mol. The van der Waals surface area contributed by atoms with Crippen LogP contribution in [0.1, 0.15) is 19.3 Å². The van der Waals surface area contributed by atoms with Crippen molar-refractivity contribution in [1.29, 1.82) is 0 Å². The third kappa shape index (κ3) is 2.27. The van der Waals surface area contributed by atoms with Gasteiger partial charge in [-0.1, -0.05) is 0 Å². The van der Waals surface area contributed by atoms with E-state index in [1.807, 2.05) is 0 Å². The molecule has 5 nitrogen and oxygen atoms in total. The first-order valence-electron chi connectivity index (χ1n) is 4.19. The molecule has 1 rings (SSSR count). The SMILES string of the molecule is O=C(O)C(=O)C(=O)N1CCCCC1. The van der Waals surface area contributed by atoms with Crippen molar-refractivity contribution in [2.24, 2.45) is 0 Å². The summed E-state index contributed by atoms with van der Waals surface area (Å²) in [6.45, 7) is 0.996. The van der Waals surface area contributed by atoms with E-state index < -0.39 is 17.7 Å². The van der Waals surface area contributed by atoms with Gasteiger partial charge in [0.05, 0.1) is 0 Å². The lowest BCUT2D eigenvalue weighted by Gasteiger charge is -2.25. The van der Waals surface area contributed by atoms with Gasteiger partial charge in [0.1, 0.15) is 0 Å². The Labute approximate surface area is 75.3 Å². The van der Waals surface area contributed by atoms with Gasteiger partial charge in [-0.3, -0.25) is 9.59 Å². The fourth-order valence-electron chi connectivity index (χ4n) is 1.33. The summed E-state index contributed by atoms with van der Waals surface area (Å²) >= 11 is 0. The molecule has 0 radical (unpaired) electrons. The number of amides is 1. The van der Waals surface area contributed by atoms with Crippen molar-refractivity contribution in [2.45, 2.75) is 19.3 Å². The summed E-state index contributed by atoms with van der Waals surface area (Å²) < 4.78 is 0. The zero-order valence-electron chi connectivity index (χ0n) is 7.15. The summed E-state index contributed by atoms with van der Waals surface area (Å²) in [5.41, 5.74) is 0. The van der Waals surface area contributed by atoms with Crippen LogP contribution < -0.4 is 0 Å². The van der Waals surface area contributed by atoms with E-state index >= 15 is 0 Å². The number of likely N-dealkylation sites (tertiary alicyclic amines) is 1. The minimum atomic E-state index is -1.67. The summed E-state index contributed by atoms with van der Waals surface area (Å²) in [5.74, 6) is -3.88. The molecule has 0 atom stereocenters. The van der Waals surface area contributed by atoms with Crippen molar-refractivity contribution in [2.75, 3.05) is 13.1 Å². The Balaban J connectivity index is 2.55. The van der Waals surface area contributed by atoms with Crippen molar-refractivity contribution >= 4 is 17.7 Å². The number of rotatable bonds is 2. The Bertz CT molecular complexity index is 243. The minimum Gasteiger partial charge on any atom is -0.475 e. The van der Waals surface area contributed by atoms with E-state index in [-0.39, 0.29) is 0 Å².